The van der Waals surface area contributed by atoms with Gasteiger partial charge in [-0.05, 0) is 42.7 Å². The van der Waals surface area contributed by atoms with Crippen molar-refractivity contribution < 1.29 is 24.2 Å². The van der Waals surface area contributed by atoms with Crippen LogP contribution in [0.2, 0.25) is 0 Å². The molecular weight excluding hydrogens is 446 g/mol. The lowest BCUT2D eigenvalue weighted by Crippen LogP contribution is -2.38. The SMILES string of the molecule is CCCCOc1cccc(C2C(=C(O)c3ccncc3)C(=O)C(=O)N2CCCN2CCOCC2)c1. The maximum Gasteiger partial charge on any atom is 0.295 e. The minimum absolute atomic E-state index is 0.0956. The first-order chi connectivity index (χ1) is 17.1. The molecule has 35 heavy (non-hydrogen) atoms. The predicted molar refractivity (Wildman–Crippen MR) is 132 cm³/mol. The number of unbranched alkanes of at least 4 members (excludes halogenated alkanes) is 1. The third-order valence-corrected chi connectivity index (χ3v) is 6.41. The Kier molecular flexibility index (Phi) is 8.50. The lowest BCUT2D eigenvalue weighted by atomic mass is 9.95. The molecule has 8 heteroatoms. The van der Waals surface area contributed by atoms with E-state index in [9.17, 15) is 14.7 Å². The van der Waals surface area contributed by atoms with Crippen molar-refractivity contribution in [2.75, 3.05) is 46.0 Å². The van der Waals surface area contributed by atoms with Crippen LogP contribution in [0.1, 0.15) is 43.4 Å². The van der Waals surface area contributed by atoms with E-state index in [-0.39, 0.29) is 11.3 Å². The van der Waals surface area contributed by atoms with Gasteiger partial charge < -0.3 is 19.5 Å². The molecule has 1 N–H and O–H groups in total. The Morgan fingerprint density at radius 2 is 1.89 bits per heavy atom. The summed E-state index contributed by atoms with van der Waals surface area (Å²) in [5.74, 6) is -0.777. The van der Waals surface area contributed by atoms with Crippen molar-refractivity contribution in [2.45, 2.75) is 32.2 Å². The van der Waals surface area contributed by atoms with Gasteiger partial charge in [0.2, 0.25) is 0 Å². The number of Topliss-reactive ketones (excluding diaryl/α,β-unsaturated/α-hetero) is 1. The third-order valence-electron chi connectivity index (χ3n) is 6.41. The highest BCUT2D eigenvalue weighted by molar-refractivity contribution is 6.46. The van der Waals surface area contributed by atoms with E-state index >= 15 is 0 Å². The summed E-state index contributed by atoms with van der Waals surface area (Å²) in [4.78, 5) is 34.2. The van der Waals surface area contributed by atoms with Gasteiger partial charge in [-0.1, -0.05) is 25.5 Å². The number of pyridine rings is 1. The van der Waals surface area contributed by atoms with Crippen molar-refractivity contribution in [3.05, 3.63) is 65.5 Å². The first-order valence-corrected chi connectivity index (χ1v) is 12.3. The Hall–Kier alpha value is -3.23. The van der Waals surface area contributed by atoms with Gasteiger partial charge in [-0.15, -0.1) is 0 Å². The van der Waals surface area contributed by atoms with Crippen molar-refractivity contribution in [3.63, 3.8) is 0 Å². The topological polar surface area (TPSA) is 92.2 Å². The van der Waals surface area contributed by atoms with Gasteiger partial charge in [-0.2, -0.15) is 0 Å². The molecule has 1 aromatic carbocycles. The van der Waals surface area contributed by atoms with Crippen LogP contribution in [0.3, 0.4) is 0 Å². The molecule has 1 amide bonds. The van der Waals surface area contributed by atoms with E-state index in [2.05, 4.69) is 16.8 Å². The van der Waals surface area contributed by atoms with Gasteiger partial charge in [0, 0.05) is 44.1 Å². The molecule has 2 saturated heterocycles. The lowest BCUT2D eigenvalue weighted by molar-refractivity contribution is -0.140. The first-order valence-electron chi connectivity index (χ1n) is 12.3. The largest absolute Gasteiger partial charge is 0.507 e. The highest BCUT2D eigenvalue weighted by atomic mass is 16.5. The van der Waals surface area contributed by atoms with Crippen molar-refractivity contribution in [3.8, 4) is 5.75 Å². The van der Waals surface area contributed by atoms with Crippen LogP contribution in [0.4, 0.5) is 0 Å². The maximum absolute atomic E-state index is 13.2. The molecule has 2 aliphatic heterocycles. The van der Waals surface area contributed by atoms with E-state index in [1.54, 1.807) is 29.4 Å². The Morgan fingerprint density at radius 1 is 1.11 bits per heavy atom. The minimum atomic E-state index is -0.692. The van der Waals surface area contributed by atoms with Crippen LogP contribution < -0.4 is 4.74 Å². The van der Waals surface area contributed by atoms with Gasteiger partial charge >= 0.3 is 0 Å². The van der Waals surface area contributed by atoms with E-state index in [0.29, 0.717) is 44.1 Å². The lowest BCUT2D eigenvalue weighted by Gasteiger charge is -2.29. The summed E-state index contributed by atoms with van der Waals surface area (Å²) in [7, 11) is 0. The Morgan fingerprint density at radius 3 is 2.63 bits per heavy atom. The quantitative estimate of drug-likeness (QED) is 0.242. The summed E-state index contributed by atoms with van der Waals surface area (Å²) >= 11 is 0. The molecule has 0 radical (unpaired) electrons. The van der Waals surface area contributed by atoms with Crippen molar-refractivity contribution >= 4 is 17.4 Å². The van der Waals surface area contributed by atoms with Crippen LogP contribution in [0.25, 0.3) is 5.76 Å². The number of ketones is 1. The Balaban J connectivity index is 1.65. The standard InChI is InChI=1S/C27H33N3O5/c1-2-3-16-35-22-7-4-6-21(19-22)24-23(25(31)20-8-10-28-11-9-20)26(32)27(33)30(24)13-5-12-29-14-17-34-18-15-29/h4,6-11,19,24,31H,2-3,5,12-18H2,1H3. The molecule has 0 bridgehead atoms. The van der Waals surface area contributed by atoms with Crippen LogP contribution in [-0.4, -0.2) is 77.6 Å². The number of morpholine rings is 1. The molecule has 0 saturated carbocycles. The number of benzene rings is 1. The molecule has 186 valence electrons. The van der Waals surface area contributed by atoms with Crippen molar-refractivity contribution in [2.24, 2.45) is 0 Å². The average molecular weight is 480 g/mol. The molecule has 2 fully saturated rings. The summed E-state index contributed by atoms with van der Waals surface area (Å²) in [5.41, 5.74) is 1.28. The number of rotatable bonds is 10. The number of ether oxygens (including phenoxy) is 2. The smallest absolute Gasteiger partial charge is 0.295 e. The Bertz CT molecular complexity index is 1050. The zero-order chi connectivity index (χ0) is 24.6. The van der Waals surface area contributed by atoms with E-state index in [4.69, 9.17) is 9.47 Å². The molecule has 3 heterocycles. The fourth-order valence-electron chi connectivity index (χ4n) is 4.52. The Labute approximate surface area is 206 Å². The number of likely N-dealkylation sites (tertiary alicyclic amines) is 1. The summed E-state index contributed by atoms with van der Waals surface area (Å²) in [5, 5.41) is 11.1. The van der Waals surface area contributed by atoms with Gasteiger partial charge in [0.25, 0.3) is 11.7 Å². The number of hydrogen-bond donors (Lipinski definition) is 1. The predicted octanol–water partition coefficient (Wildman–Crippen LogP) is 3.40. The molecule has 8 nitrogen and oxygen atoms in total. The maximum atomic E-state index is 13.2. The number of aliphatic hydroxyl groups is 1. The van der Waals surface area contributed by atoms with Crippen LogP contribution in [0, 0.1) is 0 Å². The van der Waals surface area contributed by atoms with Crippen LogP contribution in [0.5, 0.6) is 5.75 Å². The normalized spacial score (nSPS) is 20.4. The highest BCUT2D eigenvalue weighted by Gasteiger charge is 2.46. The zero-order valence-electron chi connectivity index (χ0n) is 20.2. The highest BCUT2D eigenvalue weighted by Crippen LogP contribution is 2.40. The number of carbonyl (C=O) groups excluding carboxylic acids is 2. The van der Waals surface area contributed by atoms with Gasteiger partial charge in [-0.3, -0.25) is 19.5 Å². The molecule has 0 aliphatic carbocycles. The molecule has 0 spiro atoms. The first kappa shape index (κ1) is 24.9. The van der Waals surface area contributed by atoms with Gasteiger partial charge in [0.05, 0.1) is 31.4 Å². The fourth-order valence-corrected chi connectivity index (χ4v) is 4.52. The molecule has 2 aliphatic rings. The van der Waals surface area contributed by atoms with Gasteiger partial charge in [-0.25, -0.2) is 0 Å². The number of aliphatic hydroxyl groups excluding tert-OH is 1. The van der Waals surface area contributed by atoms with Crippen molar-refractivity contribution in [1.82, 2.24) is 14.8 Å². The van der Waals surface area contributed by atoms with Crippen LogP contribution in [0.15, 0.2) is 54.4 Å². The summed E-state index contributed by atoms with van der Waals surface area (Å²) in [6.07, 6.45) is 5.77. The second-order valence-corrected chi connectivity index (χ2v) is 8.81. The molecule has 1 unspecified atom stereocenters. The molecule has 2 aromatic rings. The van der Waals surface area contributed by atoms with Gasteiger partial charge in [0.15, 0.2) is 0 Å². The fraction of sp³-hybridized carbons (Fsp3) is 0.444. The van der Waals surface area contributed by atoms with Crippen LogP contribution in [-0.2, 0) is 14.3 Å². The van der Waals surface area contributed by atoms with E-state index in [0.717, 1.165) is 38.0 Å². The monoisotopic (exact) mass is 479 g/mol. The van der Waals surface area contributed by atoms with Crippen LogP contribution >= 0.6 is 0 Å². The average Bonchev–Trinajstić information content (AvgIpc) is 3.15. The third kappa shape index (κ3) is 5.89. The molecular formula is C27H33N3O5. The molecule has 1 aromatic heterocycles. The van der Waals surface area contributed by atoms with E-state index in [1.807, 2.05) is 24.3 Å². The summed E-state index contributed by atoms with van der Waals surface area (Å²) < 4.78 is 11.3. The number of nitrogens with zero attached hydrogens (tertiary/aromatic N) is 3. The molecule has 4 rings (SSSR count). The number of amides is 1. The number of hydrogen-bond acceptors (Lipinski definition) is 7. The summed E-state index contributed by atoms with van der Waals surface area (Å²) in [6.45, 7) is 7.05. The zero-order valence-corrected chi connectivity index (χ0v) is 20.2. The summed E-state index contributed by atoms with van der Waals surface area (Å²) in [6, 6.07) is 10.0. The second-order valence-electron chi connectivity index (χ2n) is 8.81. The molecule has 1 atom stereocenters. The minimum Gasteiger partial charge on any atom is -0.507 e. The number of aromatic nitrogens is 1. The van der Waals surface area contributed by atoms with E-state index < -0.39 is 17.7 Å². The number of carbonyl (C=O) groups is 2. The van der Waals surface area contributed by atoms with Gasteiger partial charge in [0.1, 0.15) is 11.5 Å². The van der Waals surface area contributed by atoms with Crippen molar-refractivity contribution in [1.29, 1.82) is 0 Å². The second kappa shape index (κ2) is 12.0. The van der Waals surface area contributed by atoms with E-state index in [1.165, 1.54) is 0 Å².